The van der Waals surface area contributed by atoms with Gasteiger partial charge in [-0.05, 0) is 94.5 Å². The van der Waals surface area contributed by atoms with Gasteiger partial charge < -0.3 is 14.8 Å². The molecule has 0 heterocycles. The van der Waals surface area contributed by atoms with E-state index < -0.39 is 5.91 Å². The predicted molar refractivity (Wildman–Crippen MR) is 152 cm³/mol. The topological polar surface area (TPSA) is 71.3 Å². The monoisotopic (exact) mass is 554 g/mol. The van der Waals surface area contributed by atoms with Crippen molar-refractivity contribution < 1.29 is 14.3 Å². The molecule has 0 aliphatic rings. The molecule has 0 bridgehead atoms. The lowest BCUT2D eigenvalue weighted by atomic mass is 10.1. The number of nitrogens with one attached hydrogen (secondary N) is 1. The van der Waals surface area contributed by atoms with E-state index in [0.717, 1.165) is 22.1 Å². The Bertz CT molecular complexity index is 1540. The van der Waals surface area contributed by atoms with Gasteiger partial charge in [0.15, 0.2) is 11.5 Å². The van der Waals surface area contributed by atoms with Gasteiger partial charge in [0.2, 0.25) is 0 Å². The van der Waals surface area contributed by atoms with E-state index in [1.54, 1.807) is 18.2 Å². The van der Waals surface area contributed by atoms with Gasteiger partial charge in [-0.2, -0.15) is 5.26 Å². The van der Waals surface area contributed by atoms with Gasteiger partial charge in [0.05, 0.1) is 11.1 Å². The molecule has 5 nitrogen and oxygen atoms in total. The van der Waals surface area contributed by atoms with E-state index >= 15 is 0 Å². The minimum Gasteiger partial charge on any atom is -0.490 e. The van der Waals surface area contributed by atoms with Crippen molar-refractivity contribution in [3.8, 4) is 17.6 Å². The molecule has 186 valence electrons. The van der Waals surface area contributed by atoms with Crippen molar-refractivity contribution >= 4 is 44.4 Å². The minimum atomic E-state index is -0.472. The molecule has 0 atom stereocenters. The van der Waals surface area contributed by atoms with Gasteiger partial charge in [-0.3, -0.25) is 4.79 Å². The lowest BCUT2D eigenvalue weighted by Crippen LogP contribution is -2.14. The summed E-state index contributed by atoms with van der Waals surface area (Å²) in [5, 5.41) is 14.8. The molecule has 4 aromatic carbocycles. The summed E-state index contributed by atoms with van der Waals surface area (Å²) in [5.41, 5.74) is 4.36. The molecule has 0 aliphatic carbocycles. The highest BCUT2D eigenvalue weighted by Gasteiger charge is 2.15. The second-order valence-corrected chi connectivity index (χ2v) is 9.53. The lowest BCUT2D eigenvalue weighted by molar-refractivity contribution is -0.112. The van der Waals surface area contributed by atoms with Gasteiger partial charge in [0.25, 0.3) is 5.91 Å². The summed E-state index contributed by atoms with van der Waals surface area (Å²) in [6.45, 7) is 6.59. The highest BCUT2D eigenvalue weighted by molar-refractivity contribution is 9.10. The summed E-state index contributed by atoms with van der Waals surface area (Å²) >= 11 is 3.58. The molecule has 0 spiro atoms. The van der Waals surface area contributed by atoms with Gasteiger partial charge in [0, 0.05) is 5.69 Å². The second-order valence-electron chi connectivity index (χ2n) is 8.68. The predicted octanol–water partition coefficient (Wildman–Crippen LogP) is 7.74. The number of fused-ring (bicyclic) bond motifs is 1. The Kier molecular flexibility index (Phi) is 8.27. The van der Waals surface area contributed by atoms with Crippen LogP contribution in [0.25, 0.3) is 16.8 Å². The zero-order valence-electron chi connectivity index (χ0n) is 21.0. The SMILES string of the molecule is CCOc1cc(/C=C(\C#N)C(=O)Nc2ccc(C)cc2C)cc(Br)c1OCc1ccc2ccccc2c1. The Hall–Kier alpha value is -4.08. The molecular weight excluding hydrogens is 528 g/mol. The van der Waals surface area contributed by atoms with Crippen LogP contribution in [0, 0.1) is 25.2 Å². The Balaban J connectivity index is 1.57. The van der Waals surface area contributed by atoms with Crippen molar-refractivity contribution in [2.75, 3.05) is 11.9 Å². The zero-order valence-corrected chi connectivity index (χ0v) is 22.6. The molecule has 4 rings (SSSR count). The van der Waals surface area contributed by atoms with Crippen LogP contribution in [0.4, 0.5) is 5.69 Å². The number of rotatable bonds is 8. The van der Waals surface area contributed by atoms with E-state index in [0.29, 0.717) is 40.4 Å². The molecule has 0 saturated carbocycles. The largest absolute Gasteiger partial charge is 0.490 e. The maximum Gasteiger partial charge on any atom is 0.266 e. The molecule has 0 saturated heterocycles. The summed E-state index contributed by atoms with van der Waals surface area (Å²) < 4.78 is 12.7. The number of nitriles is 1. The number of carbonyl (C=O) groups is 1. The van der Waals surface area contributed by atoms with Crippen LogP contribution in [0.5, 0.6) is 11.5 Å². The van der Waals surface area contributed by atoms with Gasteiger partial charge >= 0.3 is 0 Å². The van der Waals surface area contributed by atoms with Crippen LogP contribution >= 0.6 is 15.9 Å². The number of aryl methyl sites for hydroxylation is 2. The van der Waals surface area contributed by atoms with Gasteiger partial charge in [-0.1, -0.05) is 54.1 Å². The smallest absolute Gasteiger partial charge is 0.266 e. The molecule has 4 aromatic rings. The maximum absolute atomic E-state index is 12.8. The lowest BCUT2D eigenvalue weighted by Gasteiger charge is -2.15. The number of carbonyl (C=O) groups excluding carboxylic acids is 1. The summed E-state index contributed by atoms with van der Waals surface area (Å²) in [5.74, 6) is 0.613. The number of halogens is 1. The van der Waals surface area contributed by atoms with E-state index in [1.165, 1.54) is 5.39 Å². The van der Waals surface area contributed by atoms with Crippen LogP contribution in [0.3, 0.4) is 0 Å². The molecule has 0 aliphatic heterocycles. The molecule has 0 fully saturated rings. The number of anilines is 1. The zero-order chi connectivity index (χ0) is 26.4. The number of ether oxygens (including phenoxy) is 2. The van der Waals surface area contributed by atoms with Crippen molar-refractivity contribution in [3.63, 3.8) is 0 Å². The van der Waals surface area contributed by atoms with Crippen molar-refractivity contribution in [1.29, 1.82) is 5.26 Å². The first-order valence-corrected chi connectivity index (χ1v) is 12.7. The van der Waals surface area contributed by atoms with Gasteiger partial charge in [-0.25, -0.2) is 0 Å². The molecule has 37 heavy (non-hydrogen) atoms. The first-order valence-electron chi connectivity index (χ1n) is 11.9. The van der Waals surface area contributed by atoms with Crippen LogP contribution < -0.4 is 14.8 Å². The van der Waals surface area contributed by atoms with Crippen LogP contribution in [-0.4, -0.2) is 12.5 Å². The molecule has 0 aromatic heterocycles. The Morgan fingerprint density at radius 3 is 2.51 bits per heavy atom. The molecule has 1 N–H and O–H groups in total. The fourth-order valence-electron chi connectivity index (χ4n) is 4.02. The Morgan fingerprint density at radius 2 is 1.78 bits per heavy atom. The summed E-state index contributed by atoms with van der Waals surface area (Å²) in [6.07, 6.45) is 1.54. The highest BCUT2D eigenvalue weighted by Crippen LogP contribution is 2.38. The van der Waals surface area contributed by atoms with E-state index in [4.69, 9.17) is 9.47 Å². The van der Waals surface area contributed by atoms with Gasteiger partial charge in [-0.15, -0.1) is 0 Å². The van der Waals surface area contributed by atoms with Crippen molar-refractivity contribution in [2.45, 2.75) is 27.4 Å². The standard InChI is InChI=1S/C31H27BrN2O3/c1-4-36-29-17-23(15-26(18-33)31(35)34-28-12-9-20(2)13-21(28)3)16-27(32)30(29)37-19-22-10-11-24-7-5-6-8-25(24)14-22/h5-17H,4,19H2,1-3H3,(H,34,35)/b26-15+. The first kappa shape index (κ1) is 26.0. The van der Waals surface area contributed by atoms with Crippen LogP contribution in [-0.2, 0) is 11.4 Å². The van der Waals surface area contributed by atoms with Crippen LogP contribution in [0.2, 0.25) is 0 Å². The van der Waals surface area contributed by atoms with Crippen molar-refractivity contribution in [3.05, 3.63) is 105 Å². The average molecular weight is 555 g/mol. The van der Waals surface area contributed by atoms with E-state index in [-0.39, 0.29) is 5.57 Å². The van der Waals surface area contributed by atoms with E-state index in [1.807, 2.05) is 63.2 Å². The highest BCUT2D eigenvalue weighted by atomic mass is 79.9. The number of hydrogen-bond donors (Lipinski definition) is 1. The van der Waals surface area contributed by atoms with Crippen molar-refractivity contribution in [2.24, 2.45) is 0 Å². The third kappa shape index (κ3) is 6.38. The van der Waals surface area contributed by atoms with Crippen LogP contribution in [0.1, 0.15) is 29.2 Å². The third-order valence-electron chi connectivity index (χ3n) is 5.83. The van der Waals surface area contributed by atoms with E-state index in [9.17, 15) is 10.1 Å². The fourth-order valence-corrected chi connectivity index (χ4v) is 4.59. The average Bonchev–Trinajstić information content (AvgIpc) is 2.88. The maximum atomic E-state index is 12.8. The molecule has 0 radical (unpaired) electrons. The number of hydrogen-bond acceptors (Lipinski definition) is 4. The van der Waals surface area contributed by atoms with E-state index in [2.05, 4.69) is 45.5 Å². The molecule has 1 amide bonds. The van der Waals surface area contributed by atoms with Crippen LogP contribution in [0.15, 0.2) is 82.8 Å². The first-order chi connectivity index (χ1) is 17.9. The van der Waals surface area contributed by atoms with Crippen molar-refractivity contribution in [1.82, 2.24) is 0 Å². The van der Waals surface area contributed by atoms with Gasteiger partial charge in [0.1, 0.15) is 18.2 Å². The fraction of sp³-hybridized carbons (Fsp3) is 0.161. The Morgan fingerprint density at radius 1 is 1.00 bits per heavy atom. The molecule has 0 unspecified atom stereocenters. The number of benzene rings is 4. The second kappa shape index (κ2) is 11.8. The molecule has 6 heteroatoms. The quantitative estimate of drug-likeness (QED) is 0.178. The summed E-state index contributed by atoms with van der Waals surface area (Å²) in [4.78, 5) is 12.8. The third-order valence-corrected chi connectivity index (χ3v) is 6.42. The molecular formula is C31H27BrN2O3. The normalized spacial score (nSPS) is 11.2. The number of amides is 1. The number of nitrogens with zero attached hydrogens (tertiary/aromatic N) is 1. The summed E-state index contributed by atoms with van der Waals surface area (Å²) in [6, 6.07) is 25.7. The Labute approximate surface area is 225 Å². The minimum absolute atomic E-state index is 0.0147. The summed E-state index contributed by atoms with van der Waals surface area (Å²) in [7, 11) is 0.